The van der Waals surface area contributed by atoms with Crippen molar-refractivity contribution in [3.05, 3.63) is 0 Å². The van der Waals surface area contributed by atoms with Gasteiger partial charge in [0.15, 0.2) is 0 Å². The smallest absolute Gasteiger partial charge is 0.0246 e. The number of hydrogen-bond acceptors (Lipinski definition) is 2. The lowest BCUT2D eigenvalue weighted by Gasteiger charge is -2.59. The molecule has 4 aliphatic rings. The van der Waals surface area contributed by atoms with Crippen LogP contribution in [-0.4, -0.2) is 28.3 Å². The van der Waals surface area contributed by atoms with Gasteiger partial charge < -0.3 is 5.32 Å². The zero-order valence-corrected chi connectivity index (χ0v) is 14.2. The van der Waals surface area contributed by atoms with Gasteiger partial charge in [-0.2, -0.15) is 0 Å². The van der Waals surface area contributed by atoms with Crippen LogP contribution in [0, 0.1) is 23.2 Å². The van der Waals surface area contributed by atoms with Gasteiger partial charge in [0, 0.05) is 34.9 Å². The van der Waals surface area contributed by atoms with Gasteiger partial charge in [-0.05, 0) is 82.0 Å². The van der Waals surface area contributed by atoms with Crippen LogP contribution in [0.3, 0.4) is 0 Å². The molecule has 3 atom stereocenters. The Kier molecular flexibility index (Phi) is 4.29. The average molecular weight is 298 g/mol. The van der Waals surface area contributed by atoms with Gasteiger partial charge in [-0.3, -0.25) is 4.21 Å². The molecule has 4 rings (SSSR count). The highest BCUT2D eigenvalue weighted by molar-refractivity contribution is 7.84. The predicted octanol–water partition coefficient (Wildman–Crippen LogP) is 3.34. The fourth-order valence-electron chi connectivity index (χ4n) is 5.74. The van der Waals surface area contributed by atoms with Crippen molar-refractivity contribution in [2.45, 2.75) is 70.9 Å². The Hall–Kier alpha value is 0.110. The SMILES string of the molecule is CC(CCS(C)=O)NC(C)C12CC3CC(CC(C3)C1)C2. The van der Waals surface area contributed by atoms with E-state index in [0.29, 0.717) is 17.5 Å². The van der Waals surface area contributed by atoms with E-state index in [1.807, 2.05) is 6.26 Å². The Morgan fingerprint density at radius 3 is 2.05 bits per heavy atom. The molecule has 20 heavy (non-hydrogen) atoms. The van der Waals surface area contributed by atoms with Crippen LogP contribution in [0.4, 0.5) is 0 Å². The maximum Gasteiger partial charge on any atom is 0.0246 e. The molecule has 0 saturated heterocycles. The van der Waals surface area contributed by atoms with Gasteiger partial charge in [-0.25, -0.2) is 0 Å². The van der Waals surface area contributed by atoms with Crippen LogP contribution in [0.5, 0.6) is 0 Å². The van der Waals surface area contributed by atoms with E-state index in [2.05, 4.69) is 19.2 Å². The Bertz CT molecular complexity index is 346. The molecule has 2 nitrogen and oxygen atoms in total. The zero-order valence-electron chi connectivity index (χ0n) is 13.4. The van der Waals surface area contributed by atoms with Gasteiger partial charge in [0.25, 0.3) is 0 Å². The second-order valence-electron chi connectivity index (χ2n) is 8.14. The molecule has 3 unspecified atom stereocenters. The summed E-state index contributed by atoms with van der Waals surface area (Å²) in [5.74, 6) is 3.93. The first-order valence-corrected chi connectivity index (χ1v) is 10.3. The first kappa shape index (κ1) is 15.0. The van der Waals surface area contributed by atoms with Crippen LogP contribution in [-0.2, 0) is 10.8 Å². The van der Waals surface area contributed by atoms with E-state index in [-0.39, 0.29) is 0 Å². The first-order chi connectivity index (χ1) is 9.47. The molecule has 0 heterocycles. The summed E-state index contributed by atoms with van der Waals surface area (Å²) >= 11 is 0. The molecule has 0 aromatic heterocycles. The van der Waals surface area contributed by atoms with Gasteiger partial charge >= 0.3 is 0 Å². The Morgan fingerprint density at radius 2 is 1.60 bits per heavy atom. The highest BCUT2D eigenvalue weighted by atomic mass is 32.2. The summed E-state index contributed by atoms with van der Waals surface area (Å²) in [7, 11) is -0.651. The topological polar surface area (TPSA) is 29.1 Å². The number of rotatable bonds is 6. The first-order valence-electron chi connectivity index (χ1n) is 8.53. The fourth-order valence-corrected chi connectivity index (χ4v) is 6.42. The molecule has 4 fully saturated rings. The molecule has 0 amide bonds. The van der Waals surface area contributed by atoms with Crippen LogP contribution in [0.2, 0.25) is 0 Å². The molecular formula is C17H31NOS. The summed E-state index contributed by atoms with van der Waals surface area (Å²) in [4.78, 5) is 0. The Morgan fingerprint density at radius 1 is 1.10 bits per heavy atom. The number of nitrogens with one attached hydrogen (secondary N) is 1. The standard InChI is InChI=1S/C17H31NOS/c1-12(4-5-20(3)19)18-13(2)17-9-14-6-15(10-17)8-16(7-14)11-17/h12-16,18H,4-11H2,1-3H3. The van der Waals surface area contributed by atoms with Crippen LogP contribution in [0.1, 0.15) is 58.8 Å². The summed E-state index contributed by atoms with van der Waals surface area (Å²) in [6.45, 7) is 4.69. The van der Waals surface area contributed by atoms with E-state index in [0.717, 1.165) is 29.9 Å². The highest BCUT2D eigenvalue weighted by Gasteiger charge is 2.53. The molecule has 4 bridgehead atoms. The minimum atomic E-state index is -0.651. The maximum atomic E-state index is 11.2. The molecule has 0 aromatic carbocycles. The van der Waals surface area contributed by atoms with Gasteiger partial charge in [0.1, 0.15) is 0 Å². The van der Waals surface area contributed by atoms with E-state index >= 15 is 0 Å². The Balaban J connectivity index is 1.59. The van der Waals surface area contributed by atoms with E-state index in [1.54, 1.807) is 0 Å². The summed E-state index contributed by atoms with van der Waals surface area (Å²) in [5.41, 5.74) is 0.592. The van der Waals surface area contributed by atoms with E-state index < -0.39 is 10.8 Å². The fraction of sp³-hybridized carbons (Fsp3) is 1.00. The van der Waals surface area contributed by atoms with E-state index in [9.17, 15) is 4.21 Å². The van der Waals surface area contributed by atoms with Crippen LogP contribution >= 0.6 is 0 Å². The van der Waals surface area contributed by atoms with Crippen LogP contribution in [0.25, 0.3) is 0 Å². The summed E-state index contributed by atoms with van der Waals surface area (Å²) < 4.78 is 11.2. The number of hydrogen-bond donors (Lipinski definition) is 1. The van der Waals surface area contributed by atoms with Crippen molar-refractivity contribution < 1.29 is 4.21 Å². The second kappa shape index (κ2) is 5.72. The van der Waals surface area contributed by atoms with Crippen molar-refractivity contribution in [3.63, 3.8) is 0 Å². The zero-order chi connectivity index (χ0) is 14.3. The third kappa shape index (κ3) is 2.99. The lowest BCUT2D eigenvalue weighted by Crippen LogP contribution is -2.56. The Labute approximate surface area is 126 Å². The van der Waals surface area contributed by atoms with Gasteiger partial charge in [0.05, 0.1) is 0 Å². The molecule has 4 saturated carbocycles. The summed E-state index contributed by atoms with van der Waals surface area (Å²) in [6.07, 6.45) is 11.8. The molecule has 4 aliphatic carbocycles. The normalized spacial score (nSPS) is 43.5. The molecule has 0 spiro atoms. The van der Waals surface area contributed by atoms with Gasteiger partial charge in [-0.15, -0.1) is 0 Å². The van der Waals surface area contributed by atoms with Crippen molar-refractivity contribution in [2.24, 2.45) is 23.2 Å². The minimum Gasteiger partial charge on any atom is -0.311 e. The molecule has 3 heteroatoms. The van der Waals surface area contributed by atoms with Crippen molar-refractivity contribution in [1.82, 2.24) is 5.32 Å². The van der Waals surface area contributed by atoms with Crippen molar-refractivity contribution in [1.29, 1.82) is 0 Å². The minimum absolute atomic E-state index is 0.502. The highest BCUT2D eigenvalue weighted by Crippen LogP contribution is 2.61. The molecule has 1 N–H and O–H groups in total. The van der Waals surface area contributed by atoms with E-state index in [4.69, 9.17) is 0 Å². The monoisotopic (exact) mass is 297 g/mol. The molecule has 0 aromatic rings. The van der Waals surface area contributed by atoms with Crippen molar-refractivity contribution >= 4 is 10.8 Å². The third-order valence-electron chi connectivity index (χ3n) is 6.38. The van der Waals surface area contributed by atoms with Gasteiger partial charge in [0.2, 0.25) is 0 Å². The van der Waals surface area contributed by atoms with Crippen molar-refractivity contribution in [3.8, 4) is 0 Å². The van der Waals surface area contributed by atoms with Crippen LogP contribution < -0.4 is 5.32 Å². The van der Waals surface area contributed by atoms with E-state index in [1.165, 1.54) is 38.5 Å². The summed E-state index contributed by atoms with van der Waals surface area (Å²) in [6, 6.07) is 1.14. The maximum absolute atomic E-state index is 11.2. The third-order valence-corrected chi connectivity index (χ3v) is 7.19. The second-order valence-corrected chi connectivity index (χ2v) is 9.69. The van der Waals surface area contributed by atoms with Crippen molar-refractivity contribution in [2.75, 3.05) is 12.0 Å². The quantitative estimate of drug-likeness (QED) is 0.814. The molecule has 0 radical (unpaired) electrons. The van der Waals surface area contributed by atoms with Gasteiger partial charge in [-0.1, -0.05) is 0 Å². The predicted molar refractivity (Wildman–Crippen MR) is 86.2 cm³/mol. The lowest BCUT2D eigenvalue weighted by molar-refractivity contribution is -0.0718. The molecule has 0 aliphatic heterocycles. The largest absolute Gasteiger partial charge is 0.311 e. The van der Waals surface area contributed by atoms with Crippen LogP contribution in [0.15, 0.2) is 0 Å². The lowest BCUT2D eigenvalue weighted by atomic mass is 9.48. The average Bonchev–Trinajstić information content (AvgIpc) is 2.34. The summed E-state index contributed by atoms with van der Waals surface area (Å²) in [5, 5.41) is 3.86. The molecule has 116 valence electrons. The molecular weight excluding hydrogens is 266 g/mol.